The molecule has 8 nitrogen and oxygen atoms in total. The van der Waals surface area contributed by atoms with Crippen molar-refractivity contribution in [3.63, 3.8) is 0 Å². The Balaban J connectivity index is 2.14. The predicted octanol–water partition coefficient (Wildman–Crippen LogP) is 1.84. The minimum absolute atomic E-state index is 0.0903. The third kappa shape index (κ3) is 3.68. The van der Waals surface area contributed by atoms with Crippen molar-refractivity contribution in [1.29, 1.82) is 0 Å². The summed E-state index contributed by atoms with van der Waals surface area (Å²) in [7, 11) is 1.46. The van der Waals surface area contributed by atoms with Crippen molar-refractivity contribution < 1.29 is 19.1 Å². The van der Waals surface area contributed by atoms with Gasteiger partial charge in [0, 0.05) is 7.05 Å². The largest absolute Gasteiger partial charge is 0.394 e. The number of rotatable bonds is 6. The Morgan fingerprint density at radius 2 is 2.22 bits per heavy atom. The summed E-state index contributed by atoms with van der Waals surface area (Å²) in [6.07, 6.45) is 0. The highest BCUT2D eigenvalue weighted by Gasteiger charge is 2.23. The molecule has 0 aliphatic carbocycles. The number of hydrogen-bond acceptors (Lipinski definition) is 7. The van der Waals surface area contributed by atoms with Crippen molar-refractivity contribution in [2.45, 2.75) is 6.92 Å². The number of carbonyl (C=O) groups excluding carboxylic acids is 1. The first-order chi connectivity index (χ1) is 12.9. The van der Waals surface area contributed by atoms with Crippen LogP contribution in [0.1, 0.15) is 15.9 Å². The highest BCUT2D eigenvalue weighted by atomic mass is 32.1. The SMILES string of the molecule is Cc1ccc(Nc2c(C(=O)NOCCO)c3scnc3c(=O)n2C)c(F)c1. The third-order valence-electron chi connectivity index (χ3n) is 3.84. The highest BCUT2D eigenvalue weighted by molar-refractivity contribution is 7.17. The van der Waals surface area contributed by atoms with Gasteiger partial charge in [-0.1, -0.05) is 6.07 Å². The van der Waals surface area contributed by atoms with E-state index in [1.54, 1.807) is 13.0 Å². The van der Waals surface area contributed by atoms with Gasteiger partial charge in [-0.05, 0) is 24.6 Å². The number of carbonyl (C=O) groups is 1. The lowest BCUT2D eigenvalue weighted by Crippen LogP contribution is -2.30. The molecule has 27 heavy (non-hydrogen) atoms. The predicted molar refractivity (Wildman–Crippen MR) is 99.8 cm³/mol. The molecule has 0 bridgehead atoms. The second kappa shape index (κ2) is 7.82. The summed E-state index contributed by atoms with van der Waals surface area (Å²) in [5, 5.41) is 11.6. The molecule has 0 saturated carbocycles. The molecule has 0 radical (unpaired) electrons. The third-order valence-corrected chi connectivity index (χ3v) is 4.68. The van der Waals surface area contributed by atoms with Crippen LogP contribution in [0.3, 0.4) is 0 Å². The summed E-state index contributed by atoms with van der Waals surface area (Å²) in [5.74, 6) is -1.07. The van der Waals surface area contributed by atoms with Gasteiger partial charge in [0.15, 0.2) is 0 Å². The van der Waals surface area contributed by atoms with Crippen LogP contribution in [-0.2, 0) is 11.9 Å². The molecule has 3 aromatic rings. The molecule has 3 N–H and O–H groups in total. The maximum absolute atomic E-state index is 14.3. The Kier molecular flexibility index (Phi) is 5.49. The molecule has 10 heteroatoms. The molecular weight excluding hydrogens is 375 g/mol. The van der Waals surface area contributed by atoms with Crippen molar-refractivity contribution >= 4 is 39.0 Å². The number of aromatic nitrogens is 2. The van der Waals surface area contributed by atoms with Gasteiger partial charge < -0.3 is 10.4 Å². The van der Waals surface area contributed by atoms with Crippen LogP contribution < -0.4 is 16.4 Å². The van der Waals surface area contributed by atoms with Gasteiger partial charge in [-0.25, -0.2) is 14.9 Å². The summed E-state index contributed by atoms with van der Waals surface area (Å²) >= 11 is 1.11. The molecule has 0 atom stereocenters. The lowest BCUT2D eigenvalue weighted by atomic mass is 10.2. The molecule has 0 aliphatic rings. The maximum atomic E-state index is 14.3. The zero-order valence-electron chi connectivity index (χ0n) is 14.6. The summed E-state index contributed by atoms with van der Waals surface area (Å²) in [6, 6.07) is 4.57. The number of amides is 1. The fourth-order valence-electron chi connectivity index (χ4n) is 2.53. The van der Waals surface area contributed by atoms with Crippen LogP contribution in [0.25, 0.3) is 10.2 Å². The minimum atomic E-state index is -0.650. The number of aliphatic hydroxyl groups excluding tert-OH is 1. The first-order valence-electron chi connectivity index (χ1n) is 7.96. The first kappa shape index (κ1) is 19.0. The Hall–Kier alpha value is -2.82. The molecule has 2 heterocycles. The summed E-state index contributed by atoms with van der Waals surface area (Å²) in [5.41, 5.74) is 4.31. The van der Waals surface area contributed by atoms with Gasteiger partial charge in [0.2, 0.25) is 0 Å². The average molecular weight is 392 g/mol. The molecule has 2 aromatic heterocycles. The van der Waals surface area contributed by atoms with Gasteiger partial charge in [0.25, 0.3) is 11.5 Å². The van der Waals surface area contributed by atoms with Crippen molar-refractivity contribution in [1.82, 2.24) is 15.0 Å². The maximum Gasteiger partial charge on any atom is 0.280 e. The number of pyridine rings is 1. The number of aryl methyl sites for hydroxylation is 1. The smallest absolute Gasteiger partial charge is 0.280 e. The molecule has 1 amide bonds. The number of nitrogens with zero attached hydrogens (tertiary/aromatic N) is 2. The molecule has 0 fully saturated rings. The number of nitrogens with one attached hydrogen (secondary N) is 2. The Bertz CT molecular complexity index is 1060. The quantitative estimate of drug-likeness (QED) is 0.437. The van der Waals surface area contributed by atoms with Crippen LogP contribution in [0.4, 0.5) is 15.9 Å². The van der Waals surface area contributed by atoms with Crippen molar-refractivity contribution in [3.05, 3.63) is 51.0 Å². The number of hydrogen-bond donors (Lipinski definition) is 3. The van der Waals surface area contributed by atoms with Crippen LogP contribution >= 0.6 is 11.3 Å². The zero-order chi connectivity index (χ0) is 19.6. The van der Waals surface area contributed by atoms with Gasteiger partial charge in [-0.15, -0.1) is 11.3 Å². The van der Waals surface area contributed by atoms with E-state index in [-0.39, 0.29) is 35.8 Å². The fourth-order valence-corrected chi connectivity index (χ4v) is 3.35. The average Bonchev–Trinajstić information content (AvgIpc) is 3.11. The van der Waals surface area contributed by atoms with E-state index in [0.29, 0.717) is 4.70 Å². The van der Waals surface area contributed by atoms with Gasteiger partial charge in [-0.2, -0.15) is 0 Å². The Morgan fingerprint density at radius 3 is 2.93 bits per heavy atom. The van der Waals surface area contributed by atoms with Crippen molar-refractivity contribution in [2.75, 3.05) is 18.5 Å². The standard InChI is InChI=1S/C17H17FN4O4S/c1-9-3-4-11(10(18)7-9)20-15-12(16(24)21-26-6-5-23)14-13(19-8-27-14)17(25)22(15)2/h3-4,7-8,20,23H,5-6H2,1-2H3,(H,21,24). The van der Waals surface area contributed by atoms with E-state index in [9.17, 15) is 14.0 Å². The van der Waals surface area contributed by atoms with E-state index >= 15 is 0 Å². The first-order valence-corrected chi connectivity index (χ1v) is 8.84. The lowest BCUT2D eigenvalue weighted by molar-refractivity contribution is 0.0170. The topological polar surface area (TPSA) is 105 Å². The van der Waals surface area contributed by atoms with Crippen molar-refractivity contribution in [3.8, 4) is 0 Å². The van der Waals surface area contributed by atoms with Crippen LogP contribution in [0.5, 0.6) is 0 Å². The van der Waals surface area contributed by atoms with E-state index in [2.05, 4.69) is 15.8 Å². The number of halogens is 1. The second-order valence-electron chi connectivity index (χ2n) is 5.73. The molecule has 0 unspecified atom stereocenters. The van der Waals surface area contributed by atoms with Gasteiger partial charge >= 0.3 is 0 Å². The van der Waals surface area contributed by atoms with Crippen molar-refractivity contribution in [2.24, 2.45) is 7.05 Å². The fraction of sp³-hybridized carbons (Fsp3) is 0.235. The van der Waals surface area contributed by atoms with Crippen LogP contribution in [0, 0.1) is 12.7 Å². The van der Waals surface area contributed by atoms with Crippen LogP contribution in [0.2, 0.25) is 0 Å². The monoisotopic (exact) mass is 392 g/mol. The van der Waals surface area contributed by atoms with Gasteiger partial charge in [0.05, 0.1) is 29.1 Å². The number of hydroxylamine groups is 1. The molecule has 0 spiro atoms. The summed E-state index contributed by atoms with van der Waals surface area (Å²) in [6.45, 7) is 1.38. The summed E-state index contributed by atoms with van der Waals surface area (Å²) in [4.78, 5) is 34.1. The zero-order valence-corrected chi connectivity index (χ0v) is 15.4. The summed E-state index contributed by atoms with van der Waals surface area (Å²) < 4.78 is 15.8. The van der Waals surface area contributed by atoms with Gasteiger partial charge in [-0.3, -0.25) is 19.0 Å². The van der Waals surface area contributed by atoms with E-state index in [1.165, 1.54) is 29.3 Å². The van der Waals surface area contributed by atoms with Crippen LogP contribution in [-0.4, -0.2) is 33.8 Å². The second-order valence-corrected chi connectivity index (χ2v) is 6.58. The molecule has 142 valence electrons. The number of aliphatic hydroxyl groups is 1. The molecule has 1 aromatic carbocycles. The number of fused-ring (bicyclic) bond motifs is 1. The highest BCUT2D eigenvalue weighted by Crippen LogP contribution is 2.29. The molecule has 0 aliphatic heterocycles. The lowest BCUT2D eigenvalue weighted by Gasteiger charge is -2.17. The van der Waals surface area contributed by atoms with E-state index < -0.39 is 17.3 Å². The molecule has 0 saturated heterocycles. The minimum Gasteiger partial charge on any atom is -0.394 e. The Morgan fingerprint density at radius 1 is 1.44 bits per heavy atom. The number of thiazole rings is 1. The number of anilines is 2. The van der Waals surface area contributed by atoms with Gasteiger partial charge in [0.1, 0.15) is 22.7 Å². The molecule has 3 rings (SSSR count). The van der Waals surface area contributed by atoms with E-state index in [0.717, 1.165) is 16.9 Å². The Labute approximate surface area is 157 Å². The van der Waals surface area contributed by atoms with Crippen LogP contribution in [0.15, 0.2) is 28.5 Å². The molecular formula is C17H17FN4O4S. The normalized spacial score (nSPS) is 11.0. The van der Waals surface area contributed by atoms with E-state index in [1.807, 2.05) is 0 Å². The van der Waals surface area contributed by atoms with E-state index in [4.69, 9.17) is 9.94 Å². The number of benzene rings is 1.